The fourth-order valence-electron chi connectivity index (χ4n) is 3.15. The van der Waals surface area contributed by atoms with Gasteiger partial charge in [-0.2, -0.15) is 5.26 Å². The van der Waals surface area contributed by atoms with E-state index < -0.39 is 5.91 Å². The first-order chi connectivity index (χ1) is 14.0. The topological polar surface area (TPSA) is 73.2 Å². The third kappa shape index (κ3) is 4.36. The van der Waals surface area contributed by atoms with Crippen molar-refractivity contribution in [3.63, 3.8) is 0 Å². The second kappa shape index (κ2) is 8.97. The maximum Gasteiger partial charge on any atom is 0.269 e. The van der Waals surface area contributed by atoms with E-state index in [4.69, 9.17) is 0 Å². The number of hydrogen-bond donors (Lipinski definition) is 1. The van der Waals surface area contributed by atoms with Crippen LogP contribution in [0.4, 0.5) is 11.4 Å². The molecular formula is C23H23N3O2S. The molecule has 6 heteroatoms. The molecule has 1 aliphatic heterocycles. The first-order valence-electron chi connectivity index (χ1n) is 9.60. The number of aryl methyl sites for hydroxylation is 2. The van der Waals surface area contributed by atoms with Gasteiger partial charge >= 0.3 is 0 Å². The molecule has 1 fully saturated rings. The molecule has 1 unspecified atom stereocenters. The van der Waals surface area contributed by atoms with E-state index in [1.165, 1.54) is 16.7 Å². The van der Waals surface area contributed by atoms with Crippen LogP contribution in [0.25, 0.3) is 0 Å². The zero-order chi connectivity index (χ0) is 21.0. The molecule has 0 aliphatic carbocycles. The van der Waals surface area contributed by atoms with Crippen molar-refractivity contribution in [2.45, 2.75) is 38.9 Å². The monoisotopic (exact) mass is 405 g/mol. The van der Waals surface area contributed by atoms with Crippen LogP contribution in [-0.2, 0) is 16.0 Å². The molecule has 0 spiro atoms. The molecule has 0 radical (unpaired) electrons. The van der Waals surface area contributed by atoms with Crippen molar-refractivity contribution in [2.75, 3.05) is 10.2 Å². The van der Waals surface area contributed by atoms with E-state index in [-0.39, 0.29) is 16.7 Å². The van der Waals surface area contributed by atoms with Crippen LogP contribution >= 0.6 is 11.8 Å². The molecule has 1 aliphatic rings. The quantitative estimate of drug-likeness (QED) is 0.573. The standard InChI is InChI=1S/C23H23N3O2S/c1-4-16-9-11-18(12-10-16)26-22(28)20(5-2)29-23(26)19(14-24)21(27)25-17-8-6-7-15(3)13-17/h6-13,20H,4-5H2,1-3H3,(H,25,27)/b23-19-. The number of hydrogen-bond acceptors (Lipinski definition) is 4. The van der Waals surface area contributed by atoms with Crippen molar-refractivity contribution in [1.29, 1.82) is 5.26 Å². The van der Waals surface area contributed by atoms with Gasteiger partial charge in [-0.25, -0.2) is 0 Å². The Morgan fingerprint density at radius 1 is 1.21 bits per heavy atom. The fraction of sp³-hybridized carbons (Fsp3) is 0.261. The molecule has 2 amide bonds. The zero-order valence-corrected chi connectivity index (χ0v) is 17.5. The predicted molar refractivity (Wildman–Crippen MR) is 117 cm³/mol. The second-order valence-electron chi connectivity index (χ2n) is 6.82. The summed E-state index contributed by atoms with van der Waals surface area (Å²) in [5.41, 5.74) is 3.39. The van der Waals surface area contributed by atoms with Gasteiger partial charge in [-0.1, -0.05) is 49.9 Å². The first-order valence-corrected chi connectivity index (χ1v) is 10.5. The number of benzene rings is 2. The predicted octanol–water partition coefficient (Wildman–Crippen LogP) is 4.79. The van der Waals surface area contributed by atoms with Crippen LogP contribution in [-0.4, -0.2) is 17.1 Å². The Morgan fingerprint density at radius 3 is 2.52 bits per heavy atom. The molecule has 1 heterocycles. The van der Waals surface area contributed by atoms with E-state index in [9.17, 15) is 14.9 Å². The summed E-state index contributed by atoms with van der Waals surface area (Å²) in [4.78, 5) is 27.4. The Kier molecular flexibility index (Phi) is 6.40. The van der Waals surface area contributed by atoms with Crippen molar-refractivity contribution in [3.05, 3.63) is 70.3 Å². The molecule has 2 aromatic rings. The van der Waals surface area contributed by atoms with Crippen LogP contribution in [0, 0.1) is 18.3 Å². The number of nitrogens with one attached hydrogen (secondary N) is 1. The Morgan fingerprint density at radius 2 is 1.93 bits per heavy atom. The lowest BCUT2D eigenvalue weighted by atomic mass is 10.1. The second-order valence-corrected chi connectivity index (χ2v) is 8.02. The minimum Gasteiger partial charge on any atom is -0.321 e. The Balaban J connectivity index is 2.01. The van der Waals surface area contributed by atoms with Crippen molar-refractivity contribution >= 4 is 35.0 Å². The van der Waals surface area contributed by atoms with Gasteiger partial charge in [0.25, 0.3) is 5.91 Å². The molecular weight excluding hydrogens is 382 g/mol. The summed E-state index contributed by atoms with van der Waals surface area (Å²) in [6, 6.07) is 17.0. The van der Waals surface area contributed by atoms with E-state index in [2.05, 4.69) is 12.2 Å². The highest BCUT2D eigenvalue weighted by molar-refractivity contribution is 8.05. The highest BCUT2D eigenvalue weighted by Gasteiger charge is 2.39. The van der Waals surface area contributed by atoms with Crippen molar-refractivity contribution in [3.8, 4) is 6.07 Å². The summed E-state index contributed by atoms with van der Waals surface area (Å²) in [6.45, 7) is 5.92. The molecule has 3 rings (SSSR count). The molecule has 1 N–H and O–H groups in total. The largest absolute Gasteiger partial charge is 0.321 e. The lowest BCUT2D eigenvalue weighted by Gasteiger charge is -2.19. The lowest BCUT2D eigenvalue weighted by molar-refractivity contribution is -0.117. The van der Waals surface area contributed by atoms with Gasteiger partial charge in [0.1, 0.15) is 16.7 Å². The van der Waals surface area contributed by atoms with Crippen LogP contribution in [0.1, 0.15) is 31.4 Å². The van der Waals surface area contributed by atoms with E-state index in [1.807, 2.05) is 62.4 Å². The van der Waals surface area contributed by atoms with Gasteiger partial charge in [-0.3, -0.25) is 14.5 Å². The molecule has 0 bridgehead atoms. The van der Waals surface area contributed by atoms with E-state index >= 15 is 0 Å². The van der Waals surface area contributed by atoms with Crippen molar-refractivity contribution < 1.29 is 9.59 Å². The number of nitrogens with zero attached hydrogens (tertiary/aromatic N) is 2. The van der Waals surface area contributed by atoms with Gasteiger partial charge in [0.15, 0.2) is 0 Å². The number of amides is 2. The maximum atomic E-state index is 13.0. The minimum atomic E-state index is -0.514. The third-order valence-electron chi connectivity index (χ3n) is 4.76. The summed E-state index contributed by atoms with van der Waals surface area (Å²) in [6.07, 6.45) is 1.51. The average Bonchev–Trinajstić information content (AvgIpc) is 3.04. The molecule has 1 saturated heterocycles. The molecule has 1 atom stereocenters. The Hall–Kier alpha value is -3.04. The summed E-state index contributed by atoms with van der Waals surface area (Å²) in [5.74, 6) is -0.617. The van der Waals surface area contributed by atoms with Gasteiger partial charge in [0, 0.05) is 11.4 Å². The normalized spacial score (nSPS) is 17.8. The van der Waals surface area contributed by atoms with E-state index in [0.29, 0.717) is 22.8 Å². The number of carbonyl (C=O) groups excluding carboxylic acids is 2. The van der Waals surface area contributed by atoms with Gasteiger partial charge in [0.05, 0.1) is 5.25 Å². The number of nitriles is 1. The van der Waals surface area contributed by atoms with Gasteiger partial charge in [0.2, 0.25) is 5.91 Å². The highest BCUT2D eigenvalue weighted by atomic mass is 32.2. The number of carbonyl (C=O) groups is 2. The molecule has 0 saturated carbocycles. The SMILES string of the molecule is CCc1ccc(N2C(=O)C(CC)S/C2=C(/C#N)C(=O)Nc2cccc(C)c2)cc1. The van der Waals surface area contributed by atoms with Crippen molar-refractivity contribution in [1.82, 2.24) is 0 Å². The van der Waals surface area contributed by atoms with Crippen LogP contribution in [0.2, 0.25) is 0 Å². The van der Waals surface area contributed by atoms with Gasteiger partial charge in [-0.15, -0.1) is 0 Å². The number of anilines is 2. The lowest BCUT2D eigenvalue weighted by Crippen LogP contribution is -2.29. The van der Waals surface area contributed by atoms with E-state index in [0.717, 1.165) is 17.5 Å². The molecule has 148 valence electrons. The highest BCUT2D eigenvalue weighted by Crippen LogP contribution is 2.42. The Labute approximate surface area is 175 Å². The third-order valence-corrected chi connectivity index (χ3v) is 6.18. The summed E-state index contributed by atoms with van der Waals surface area (Å²) < 4.78 is 0. The molecule has 0 aromatic heterocycles. The average molecular weight is 406 g/mol. The zero-order valence-electron chi connectivity index (χ0n) is 16.7. The fourth-order valence-corrected chi connectivity index (χ4v) is 4.35. The van der Waals surface area contributed by atoms with E-state index in [1.54, 1.807) is 6.07 Å². The summed E-state index contributed by atoms with van der Waals surface area (Å²) >= 11 is 1.28. The van der Waals surface area contributed by atoms with Crippen molar-refractivity contribution in [2.24, 2.45) is 0 Å². The van der Waals surface area contributed by atoms with Gasteiger partial charge < -0.3 is 5.32 Å². The number of rotatable bonds is 5. The number of thioether (sulfide) groups is 1. The molecule has 29 heavy (non-hydrogen) atoms. The molecule has 2 aromatic carbocycles. The minimum absolute atomic E-state index is 0.0552. The summed E-state index contributed by atoms with van der Waals surface area (Å²) in [5, 5.41) is 12.6. The summed E-state index contributed by atoms with van der Waals surface area (Å²) in [7, 11) is 0. The van der Waals surface area contributed by atoms with Crippen LogP contribution in [0.3, 0.4) is 0 Å². The maximum absolute atomic E-state index is 13.0. The van der Waals surface area contributed by atoms with Crippen LogP contribution in [0.5, 0.6) is 0 Å². The van der Waals surface area contributed by atoms with Crippen LogP contribution in [0.15, 0.2) is 59.1 Å². The molecule has 5 nitrogen and oxygen atoms in total. The van der Waals surface area contributed by atoms with Crippen LogP contribution < -0.4 is 10.2 Å². The van der Waals surface area contributed by atoms with Gasteiger partial charge in [-0.05, 0) is 55.2 Å². The first kappa shape index (κ1) is 20.7. The Bertz CT molecular complexity index is 1010. The smallest absolute Gasteiger partial charge is 0.269 e.